The number of hydrogen-bond donors (Lipinski definition) is 2. The van der Waals surface area contributed by atoms with E-state index in [4.69, 9.17) is 31.4 Å². The highest BCUT2D eigenvalue weighted by molar-refractivity contribution is 6.62. The van der Waals surface area contributed by atoms with E-state index in [-0.39, 0.29) is 22.1 Å². The molecule has 0 aliphatic carbocycles. The van der Waals surface area contributed by atoms with Crippen molar-refractivity contribution >= 4 is 41.8 Å². The van der Waals surface area contributed by atoms with Crippen molar-refractivity contribution in [1.82, 2.24) is 9.78 Å². The van der Waals surface area contributed by atoms with E-state index in [1.807, 2.05) is 33.8 Å². The van der Waals surface area contributed by atoms with Gasteiger partial charge in [-0.1, -0.05) is 37.1 Å². The summed E-state index contributed by atoms with van der Waals surface area (Å²) in [4.78, 5) is 25.3. The number of nitrogens with one attached hydrogen (secondary N) is 1. The van der Waals surface area contributed by atoms with Crippen LogP contribution in [0.15, 0.2) is 48.5 Å². The van der Waals surface area contributed by atoms with Crippen molar-refractivity contribution in [3.05, 3.63) is 64.8 Å². The molecule has 3 aromatic rings. The van der Waals surface area contributed by atoms with Crippen molar-refractivity contribution in [3.63, 3.8) is 0 Å². The zero-order chi connectivity index (χ0) is 27.7. The average molecular weight is 539 g/mol. The van der Waals surface area contributed by atoms with E-state index < -0.39 is 30.1 Å². The zero-order valence-corrected chi connectivity index (χ0v) is 23.0. The highest BCUT2D eigenvalue weighted by atomic mass is 35.5. The molecular weight excluding hydrogens is 507 g/mol. The summed E-state index contributed by atoms with van der Waals surface area (Å²) in [5, 5.41) is 7.35. The first-order valence-electron chi connectivity index (χ1n) is 12.5. The van der Waals surface area contributed by atoms with E-state index in [2.05, 4.69) is 17.3 Å². The minimum Gasteiger partial charge on any atom is -0.494 e. The number of hydrogen-bond acceptors (Lipinski definition) is 6. The summed E-state index contributed by atoms with van der Waals surface area (Å²) in [6.45, 7) is 10.5. The summed E-state index contributed by atoms with van der Waals surface area (Å²) in [7, 11) is -0.661. The maximum Gasteiger partial charge on any atom is 0.494 e. The number of carbonyl (C=O) groups excluding carboxylic acids is 2. The molecule has 0 atom stereocenters. The first-order chi connectivity index (χ1) is 17.9. The molecule has 0 saturated carbocycles. The predicted molar refractivity (Wildman–Crippen MR) is 148 cm³/mol. The lowest BCUT2D eigenvalue weighted by Crippen LogP contribution is -2.41. The fourth-order valence-corrected chi connectivity index (χ4v) is 4.06. The predicted octanol–water partition coefficient (Wildman–Crippen LogP) is 4.36. The van der Waals surface area contributed by atoms with Gasteiger partial charge in [-0.25, -0.2) is 4.68 Å². The van der Waals surface area contributed by atoms with Gasteiger partial charge in [0.15, 0.2) is 5.69 Å². The Bertz CT molecular complexity index is 1340. The fraction of sp³-hybridized carbons (Fsp3) is 0.370. The highest BCUT2D eigenvalue weighted by Crippen LogP contribution is 2.36. The first-order valence-corrected chi connectivity index (χ1v) is 12.9. The van der Waals surface area contributed by atoms with Crippen molar-refractivity contribution in [2.45, 2.75) is 58.7 Å². The first kappa shape index (κ1) is 27.7. The molecule has 2 amide bonds. The second kappa shape index (κ2) is 10.8. The lowest BCUT2D eigenvalue weighted by atomic mass is 9.78. The molecule has 1 saturated heterocycles. The number of carbonyl (C=O) groups is 2. The molecule has 0 spiro atoms. The maximum absolute atomic E-state index is 13.4. The van der Waals surface area contributed by atoms with E-state index in [0.717, 1.165) is 12.8 Å². The van der Waals surface area contributed by atoms with Gasteiger partial charge in [-0.05, 0) is 63.8 Å². The minimum absolute atomic E-state index is 0.00493. The number of primary amides is 1. The Balaban J connectivity index is 1.63. The van der Waals surface area contributed by atoms with Gasteiger partial charge in [-0.15, -0.1) is 0 Å². The smallest absolute Gasteiger partial charge is 0.494 e. The average Bonchev–Trinajstić information content (AvgIpc) is 3.37. The van der Waals surface area contributed by atoms with Crippen LogP contribution in [-0.2, 0) is 9.31 Å². The van der Waals surface area contributed by atoms with Crippen LogP contribution in [0.1, 0.15) is 68.3 Å². The monoisotopic (exact) mass is 538 g/mol. The van der Waals surface area contributed by atoms with Crippen molar-refractivity contribution in [1.29, 1.82) is 0 Å². The van der Waals surface area contributed by atoms with Crippen LogP contribution < -0.4 is 21.3 Å². The molecule has 0 bridgehead atoms. The molecule has 1 aromatic heterocycles. The van der Waals surface area contributed by atoms with Crippen LogP contribution in [0.3, 0.4) is 0 Å². The van der Waals surface area contributed by atoms with Crippen LogP contribution in [-0.4, -0.2) is 46.5 Å². The number of benzene rings is 2. The van der Waals surface area contributed by atoms with Crippen molar-refractivity contribution < 1.29 is 23.6 Å². The van der Waals surface area contributed by atoms with Crippen LogP contribution >= 0.6 is 11.6 Å². The second-order valence-corrected chi connectivity index (χ2v) is 10.6. The van der Waals surface area contributed by atoms with E-state index in [9.17, 15) is 9.59 Å². The van der Waals surface area contributed by atoms with Crippen molar-refractivity contribution in [3.8, 4) is 11.4 Å². The summed E-state index contributed by atoms with van der Waals surface area (Å²) in [6.07, 6.45) is 1.93. The molecule has 9 nitrogen and oxygen atoms in total. The van der Waals surface area contributed by atoms with E-state index >= 15 is 0 Å². The number of aromatic nitrogens is 2. The molecule has 11 heteroatoms. The van der Waals surface area contributed by atoms with Crippen LogP contribution in [0.2, 0.25) is 5.02 Å². The highest BCUT2D eigenvalue weighted by Gasteiger charge is 2.51. The Morgan fingerprint density at radius 2 is 1.82 bits per heavy atom. The van der Waals surface area contributed by atoms with E-state index in [1.54, 1.807) is 36.4 Å². The van der Waals surface area contributed by atoms with Gasteiger partial charge in [0.1, 0.15) is 11.6 Å². The molecule has 0 unspecified atom stereocenters. The lowest BCUT2D eigenvalue weighted by molar-refractivity contribution is 0.00578. The van der Waals surface area contributed by atoms with Gasteiger partial charge in [0.2, 0.25) is 0 Å². The molecule has 2 heterocycles. The maximum atomic E-state index is 13.4. The van der Waals surface area contributed by atoms with Crippen molar-refractivity contribution in [2.24, 2.45) is 5.73 Å². The van der Waals surface area contributed by atoms with Gasteiger partial charge < -0.3 is 25.1 Å². The Kier molecular flexibility index (Phi) is 7.87. The number of nitrogens with two attached hydrogens (primary N) is 1. The van der Waals surface area contributed by atoms with Crippen LogP contribution in [0.4, 0.5) is 5.82 Å². The Labute approximate surface area is 227 Å². The number of rotatable bonds is 9. The second-order valence-electron chi connectivity index (χ2n) is 10.2. The standard InChI is InChI=1S/C27H32BClN4O5/c1-6-7-13-36-19-10-8-9-18(15-19)33-23(16-22(32-33)24(30)34)31-25(35)20-14-17(11-12-21(20)29)28-37-26(2,3)27(4,5)38-28/h8-12,14-16H,6-7,13H2,1-5H3,(H2,30,34)(H,31,35). The molecule has 1 aliphatic rings. The van der Waals surface area contributed by atoms with Gasteiger partial charge in [-0.3, -0.25) is 9.59 Å². The third-order valence-electron chi connectivity index (χ3n) is 6.79. The Morgan fingerprint density at radius 1 is 1.11 bits per heavy atom. The van der Waals surface area contributed by atoms with Crippen LogP contribution in [0.5, 0.6) is 5.75 Å². The molecule has 0 radical (unpaired) electrons. The molecule has 1 fully saturated rings. The number of unbranched alkanes of at least 4 members (excludes halogenated alkanes) is 1. The molecule has 38 heavy (non-hydrogen) atoms. The van der Waals surface area contributed by atoms with Crippen molar-refractivity contribution in [2.75, 3.05) is 11.9 Å². The zero-order valence-electron chi connectivity index (χ0n) is 22.2. The Morgan fingerprint density at radius 3 is 2.47 bits per heavy atom. The SMILES string of the molecule is CCCCOc1cccc(-n2nc(C(N)=O)cc2NC(=O)c2cc(B3OC(C)(C)C(C)(C)O3)ccc2Cl)c1. The van der Waals surface area contributed by atoms with Gasteiger partial charge in [0, 0.05) is 12.1 Å². The molecule has 1 aliphatic heterocycles. The minimum atomic E-state index is -0.726. The third-order valence-corrected chi connectivity index (χ3v) is 7.12. The molecular formula is C27H32BClN4O5. The summed E-state index contributed by atoms with van der Waals surface area (Å²) < 4.78 is 19.5. The fourth-order valence-electron chi connectivity index (χ4n) is 3.85. The van der Waals surface area contributed by atoms with Crippen LogP contribution in [0.25, 0.3) is 5.69 Å². The van der Waals surface area contributed by atoms with Gasteiger partial charge >= 0.3 is 7.12 Å². The number of anilines is 1. The third kappa shape index (κ3) is 5.72. The van der Waals surface area contributed by atoms with Gasteiger partial charge in [-0.2, -0.15) is 5.10 Å². The summed E-state index contributed by atoms with van der Waals surface area (Å²) >= 11 is 6.41. The lowest BCUT2D eigenvalue weighted by Gasteiger charge is -2.32. The largest absolute Gasteiger partial charge is 0.494 e. The van der Waals surface area contributed by atoms with Gasteiger partial charge in [0.05, 0.1) is 34.1 Å². The molecule has 4 rings (SSSR count). The molecule has 2 aromatic carbocycles. The number of halogens is 1. The normalized spacial score (nSPS) is 15.9. The van der Waals surface area contributed by atoms with Crippen LogP contribution in [0, 0.1) is 0 Å². The summed E-state index contributed by atoms with van der Waals surface area (Å²) in [6, 6.07) is 13.6. The number of amides is 2. The number of ether oxygens (including phenoxy) is 1. The number of nitrogens with zero attached hydrogens (tertiary/aromatic N) is 2. The quantitative estimate of drug-likeness (QED) is 0.309. The Hall–Kier alpha value is -3.34. The van der Waals surface area contributed by atoms with Gasteiger partial charge in [0.25, 0.3) is 11.8 Å². The summed E-state index contributed by atoms with van der Waals surface area (Å²) in [5.41, 5.74) is 5.86. The molecule has 200 valence electrons. The van der Waals surface area contributed by atoms with E-state index in [0.29, 0.717) is 23.5 Å². The summed E-state index contributed by atoms with van der Waals surface area (Å²) in [5.74, 6) is -0.342. The van der Waals surface area contributed by atoms with E-state index in [1.165, 1.54) is 10.7 Å². The molecule has 3 N–H and O–H groups in total. The topological polar surface area (TPSA) is 118 Å².